The highest BCUT2D eigenvalue weighted by Gasteiger charge is 2.05. The Morgan fingerprint density at radius 2 is 1.55 bits per heavy atom. The summed E-state index contributed by atoms with van der Waals surface area (Å²) in [4.78, 5) is 8.24. The number of halogens is 1. The van der Waals surface area contributed by atoms with Crippen LogP contribution in [0.4, 0.5) is 5.69 Å². The predicted molar refractivity (Wildman–Crippen MR) is 86.8 cm³/mol. The summed E-state index contributed by atoms with van der Waals surface area (Å²) < 4.78 is 21.4. The number of para-hydroxylation sites is 2. The molecule has 0 fully saturated rings. The number of anilines is 1. The number of nitrogens with zero attached hydrogens (tertiary/aromatic N) is 2. The minimum absolute atomic E-state index is 0.0756. The van der Waals surface area contributed by atoms with Gasteiger partial charge < -0.3 is 5.73 Å². The Morgan fingerprint density at radius 1 is 0.955 bits per heavy atom. The number of nitrogens with two attached hydrogens (primary N) is 2. The molecule has 0 aliphatic rings. The number of rotatable bonds is 1. The first-order chi connectivity index (χ1) is 10.4. The van der Waals surface area contributed by atoms with Crippen LogP contribution in [-0.2, 0) is 10.0 Å². The minimum Gasteiger partial charge on any atom is -0.399 e. The third-order valence-corrected chi connectivity index (χ3v) is 3.74. The lowest BCUT2D eigenvalue weighted by atomic mass is 10.3. The van der Waals surface area contributed by atoms with Gasteiger partial charge in [-0.3, -0.25) is 4.98 Å². The van der Waals surface area contributed by atoms with Crippen LogP contribution >= 0.6 is 11.6 Å². The molecule has 0 spiro atoms. The Hall–Kier alpha value is -2.22. The number of hydrogen-bond acceptors (Lipinski definition) is 5. The number of primary sulfonamides is 1. The fraction of sp³-hybridized carbons (Fsp3) is 0. The summed E-state index contributed by atoms with van der Waals surface area (Å²) in [6, 6.07) is 13.3. The zero-order chi connectivity index (χ0) is 16.2. The SMILES string of the molecule is Clc1cnc2ccccc2n1.Nc1ccc(S(N)(=O)=O)cc1. The van der Waals surface area contributed by atoms with Crippen molar-refractivity contribution in [2.75, 3.05) is 5.73 Å². The first-order valence-corrected chi connectivity index (χ1v) is 8.04. The Kier molecular flexibility index (Phi) is 4.92. The lowest BCUT2D eigenvalue weighted by Crippen LogP contribution is -2.11. The molecule has 0 saturated carbocycles. The second-order valence-electron chi connectivity index (χ2n) is 4.30. The van der Waals surface area contributed by atoms with Crippen molar-refractivity contribution in [3.05, 3.63) is 59.9 Å². The van der Waals surface area contributed by atoms with Gasteiger partial charge in [-0.25, -0.2) is 18.5 Å². The molecule has 0 aliphatic heterocycles. The van der Waals surface area contributed by atoms with Crippen molar-refractivity contribution >= 4 is 38.3 Å². The molecule has 2 aromatic carbocycles. The normalized spacial score (nSPS) is 10.8. The highest BCUT2D eigenvalue weighted by Crippen LogP contribution is 2.10. The van der Waals surface area contributed by atoms with Crippen molar-refractivity contribution in [3.8, 4) is 0 Å². The van der Waals surface area contributed by atoms with E-state index in [4.69, 9.17) is 22.5 Å². The van der Waals surface area contributed by atoms with E-state index in [1.807, 2.05) is 24.3 Å². The van der Waals surface area contributed by atoms with E-state index in [1.54, 1.807) is 6.20 Å². The molecule has 0 radical (unpaired) electrons. The maximum Gasteiger partial charge on any atom is 0.238 e. The number of aromatic nitrogens is 2. The van der Waals surface area contributed by atoms with Crippen LogP contribution in [-0.4, -0.2) is 18.4 Å². The zero-order valence-electron chi connectivity index (χ0n) is 11.3. The molecule has 3 rings (SSSR count). The van der Waals surface area contributed by atoms with E-state index in [1.165, 1.54) is 24.3 Å². The third-order valence-electron chi connectivity index (χ3n) is 2.63. The summed E-state index contributed by atoms with van der Waals surface area (Å²) in [6.07, 6.45) is 1.55. The molecule has 1 aromatic heterocycles. The summed E-state index contributed by atoms with van der Waals surface area (Å²) in [5.74, 6) is 0. The molecule has 4 N–H and O–H groups in total. The Morgan fingerprint density at radius 3 is 2.14 bits per heavy atom. The van der Waals surface area contributed by atoms with Gasteiger partial charge >= 0.3 is 0 Å². The lowest BCUT2D eigenvalue weighted by Gasteiger charge is -1.96. The molecule has 0 saturated heterocycles. The van der Waals surface area contributed by atoms with Gasteiger partial charge in [0, 0.05) is 5.69 Å². The van der Waals surface area contributed by atoms with Crippen LogP contribution in [0.5, 0.6) is 0 Å². The fourth-order valence-corrected chi connectivity index (χ4v) is 2.25. The van der Waals surface area contributed by atoms with E-state index in [2.05, 4.69) is 9.97 Å². The molecule has 114 valence electrons. The number of benzene rings is 2. The van der Waals surface area contributed by atoms with Crippen LogP contribution in [0.15, 0.2) is 59.6 Å². The Bertz CT molecular complexity index is 883. The number of nitrogen functional groups attached to an aromatic ring is 1. The fourth-order valence-electron chi connectivity index (χ4n) is 1.59. The molecule has 0 atom stereocenters. The largest absolute Gasteiger partial charge is 0.399 e. The molecule has 6 nitrogen and oxygen atoms in total. The molecular formula is C14H13ClN4O2S. The molecule has 22 heavy (non-hydrogen) atoms. The van der Waals surface area contributed by atoms with Gasteiger partial charge in [-0.05, 0) is 36.4 Å². The Balaban J connectivity index is 0.000000160. The smallest absolute Gasteiger partial charge is 0.238 e. The second kappa shape index (κ2) is 6.69. The molecule has 0 amide bonds. The monoisotopic (exact) mass is 336 g/mol. The average Bonchev–Trinajstić information content (AvgIpc) is 2.47. The van der Waals surface area contributed by atoms with Crippen molar-refractivity contribution in [2.24, 2.45) is 5.14 Å². The van der Waals surface area contributed by atoms with Crippen LogP contribution < -0.4 is 10.9 Å². The highest BCUT2D eigenvalue weighted by atomic mass is 35.5. The maximum absolute atomic E-state index is 10.7. The first-order valence-electron chi connectivity index (χ1n) is 6.12. The standard InChI is InChI=1S/C8H5ClN2.C6H8N2O2S/c9-8-5-10-6-3-1-2-4-7(6)11-8;7-5-1-3-6(4-2-5)11(8,9)10/h1-5H;1-4H,7H2,(H2,8,9,10). The van der Waals surface area contributed by atoms with Crippen LogP contribution in [0.25, 0.3) is 11.0 Å². The molecule has 0 aliphatic carbocycles. The summed E-state index contributed by atoms with van der Waals surface area (Å²) >= 11 is 5.65. The maximum atomic E-state index is 10.7. The Labute approximate surface area is 132 Å². The molecule has 3 aromatic rings. The third kappa shape index (κ3) is 4.39. The minimum atomic E-state index is -3.58. The molecule has 0 unspecified atom stereocenters. The summed E-state index contributed by atoms with van der Waals surface area (Å²) in [5, 5.41) is 5.27. The summed E-state index contributed by atoms with van der Waals surface area (Å²) in [5.41, 5.74) is 7.55. The number of fused-ring (bicyclic) bond motifs is 1. The van der Waals surface area contributed by atoms with Crippen LogP contribution in [0.3, 0.4) is 0 Å². The van der Waals surface area contributed by atoms with Gasteiger partial charge in [-0.2, -0.15) is 0 Å². The van der Waals surface area contributed by atoms with Crippen molar-refractivity contribution in [1.29, 1.82) is 0 Å². The zero-order valence-corrected chi connectivity index (χ0v) is 12.9. The number of sulfonamides is 1. The van der Waals surface area contributed by atoms with Gasteiger partial charge in [0.25, 0.3) is 0 Å². The van der Waals surface area contributed by atoms with Crippen LogP contribution in [0.2, 0.25) is 5.15 Å². The van der Waals surface area contributed by atoms with Gasteiger partial charge in [0.1, 0.15) is 5.15 Å². The lowest BCUT2D eigenvalue weighted by molar-refractivity contribution is 0.598. The topological polar surface area (TPSA) is 112 Å². The number of hydrogen-bond donors (Lipinski definition) is 2. The van der Waals surface area contributed by atoms with Gasteiger partial charge in [0.15, 0.2) is 0 Å². The summed E-state index contributed by atoms with van der Waals surface area (Å²) in [6.45, 7) is 0. The van der Waals surface area contributed by atoms with Gasteiger partial charge in [0.2, 0.25) is 10.0 Å². The van der Waals surface area contributed by atoms with Gasteiger partial charge in [0.05, 0.1) is 22.1 Å². The van der Waals surface area contributed by atoms with Gasteiger partial charge in [-0.15, -0.1) is 0 Å². The van der Waals surface area contributed by atoms with E-state index in [0.29, 0.717) is 10.8 Å². The summed E-state index contributed by atoms with van der Waals surface area (Å²) in [7, 11) is -3.58. The highest BCUT2D eigenvalue weighted by molar-refractivity contribution is 7.89. The van der Waals surface area contributed by atoms with Crippen LogP contribution in [0.1, 0.15) is 0 Å². The van der Waals surface area contributed by atoms with Crippen molar-refractivity contribution in [1.82, 2.24) is 9.97 Å². The van der Waals surface area contributed by atoms with Crippen LogP contribution in [0, 0.1) is 0 Å². The predicted octanol–water partition coefficient (Wildman–Crippen LogP) is 2.20. The molecular weight excluding hydrogens is 324 g/mol. The molecule has 1 heterocycles. The molecule has 8 heteroatoms. The van der Waals surface area contributed by atoms with E-state index in [9.17, 15) is 8.42 Å². The quantitative estimate of drug-likeness (QED) is 0.661. The van der Waals surface area contributed by atoms with Crippen molar-refractivity contribution in [3.63, 3.8) is 0 Å². The van der Waals surface area contributed by atoms with Crippen molar-refractivity contribution in [2.45, 2.75) is 4.90 Å². The van der Waals surface area contributed by atoms with E-state index in [-0.39, 0.29) is 4.90 Å². The van der Waals surface area contributed by atoms with E-state index in [0.717, 1.165) is 11.0 Å². The van der Waals surface area contributed by atoms with E-state index >= 15 is 0 Å². The van der Waals surface area contributed by atoms with E-state index < -0.39 is 10.0 Å². The molecule has 0 bridgehead atoms. The average molecular weight is 337 g/mol. The van der Waals surface area contributed by atoms with Gasteiger partial charge in [-0.1, -0.05) is 23.7 Å². The first kappa shape index (κ1) is 16.2. The second-order valence-corrected chi connectivity index (χ2v) is 6.24. The van der Waals surface area contributed by atoms with Crippen molar-refractivity contribution < 1.29 is 8.42 Å².